The molecule has 0 fully saturated rings. The molecule has 4 heteroatoms. The van der Waals surface area contributed by atoms with Crippen molar-refractivity contribution in [3.63, 3.8) is 0 Å². The second-order valence-corrected chi connectivity index (χ2v) is 6.12. The van der Waals surface area contributed by atoms with E-state index in [1.54, 1.807) is 6.20 Å². The Balaban J connectivity index is 1.84. The molecule has 0 atom stereocenters. The lowest BCUT2D eigenvalue weighted by Gasteiger charge is -2.10. The number of aromatic nitrogens is 1. The molecule has 2 rings (SSSR count). The summed E-state index contributed by atoms with van der Waals surface area (Å²) in [5.74, 6) is 1.60. The van der Waals surface area contributed by atoms with Crippen LogP contribution in [0.15, 0.2) is 47.2 Å². The molecular weight excluding hydrogens is 328 g/mol. The van der Waals surface area contributed by atoms with Gasteiger partial charge in [-0.2, -0.15) is 0 Å². The van der Waals surface area contributed by atoms with Gasteiger partial charge in [-0.15, -0.1) is 0 Å². The highest BCUT2D eigenvalue weighted by Gasteiger charge is 2.00. The van der Waals surface area contributed by atoms with Crippen molar-refractivity contribution in [2.24, 2.45) is 5.92 Å². The van der Waals surface area contributed by atoms with Gasteiger partial charge in [-0.25, -0.2) is 4.98 Å². The van der Waals surface area contributed by atoms with Crippen molar-refractivity contribution in [1.82, 2.24) is 4.98 Å². The van der Waals surface area contributed by atoms with Gasteiger partial charge in [-0.05, 0) is 58.1 Å². The van der Waals surface area contributed by atoms with E-state index in [1.807, 2.05) is 24.3 Å². The Morgan fingerprint density at radius 2 is 1.95 bits per heavy atom. The van der Waals surface area contributed by atoms with Crippen LogP contribution in [0.1, 0.15) is 25.8 Å². The molecule has 0 amide bonds. The van der Waals surface area contributed by atoms with Crippen LogP contribution in [0.4, 0.5) is 5.69 Å². The molecule has 0 saturated heterocycles. The minimum Gasteiger partial charge on any atom is -0.494 e. The van der Waals surface area contributed by atoms with E-state index in [1.165, 1.54) is 5.56 Å². The maximum absolute atomic E-state index is 5.72. The minimum atomic E-state index is 0.673. The summed E-state index contributed by atoms with van der Waals surface area (Å²) in [5, 5.41) is 3.36. The average Bonchev–Trinajstić information content (AvgIpc) is 2.47. The van der Waals surface area contributed by atoms with E-state index in [9.17, 15) is 0 Å². The number of halogens is 1. The van der Waals surface area contributed by atoms with Crippen LogP contribution in [0, 0.1) is 5.92 Å². The smallest absolute Gasteiger partial charge is 0.129 e. The van der Waals surface area contributed by atoms with Crippen LogP contribution >= 0.6 is 15.9 Å². The van der Waals surface area contributed by atoms with E-state index in [0.29, 0.717) is 5.92 Å². The van der Waals surface area contributed by atoms with Crippen LogP contribution < -0.4 is 10.1 Å². The lowest BCUT2D eigenvalue weighted by Crippen LogP contribution is -2.02. The van der Waals surface area contributed by atoms with Gasteiger partial charge >= 0.3 is 0 Å². The molecule has 0 radical (unpaired) electrons. The topological polar surface area (TPSA) is 34.1 Å². The molecule has 0 saturated carbocycles. The molecule has 0 aliphatic heterocycles. The van der Waals surface area contributed by atoms with Crippen LogP contribution in [0.5, 0.6) is 5.75 Å². The van der Waals surface area contributed by atoms with Gasteiger partial charge in [0.1, 0.15) is 10.4 Å². The molecule has 1 aromatic heterocycles. The van der Waals surface area contributed by atoms with Crippen molar-refractivity contribution in [3.8, 4) is 5.75 Å². The van der Waals surface area contributed by atoms with Crippen LogP contribution in [0.2, 0.25) is 0 Å². The third-order valence-electron chi connectivity index (χ3n) is 3.13. The zero-order chi connectivity index (χ0) is 15.1. The fourth-order valence-electron chi connectivity index (χ4n) is 1.83. The Hall–Kier alpha value is -1.55. The van der Waals surface area contributed by atoms with Crippen molar-refractivity contribution in [1.29, 1.82) is 0 Å². The normalized spacial score (nSPS) is 10.7. The number of rotatable bonds is 7. The number of ether oxygens (including phenoxy) is 1. The molecule has 0 aliphatic rings. The van der Waals surface area contributed by atoms with Crippen LogP contribution in [0.3, 0.4) is 0 Å². The molecule has 2 aromatic rings. The summed E-state index contributed by atoms with van der Waals surface area (Å²) in [6.45, 7) is 5.94. The number of nitrogens with one attached hydrogen (secondary N) is 1. The van der Waals surface area contributed by atoms with E-state index in [4.69, 9.17) is 4.74 Å². The zero-order valence-corrected chi connectivity index (χ0v) is 14.1. The average molecular weight is 349 g/mol. The van der Waals surface area contributed by atoms with Crippen LogP contribution in [0.25, 0.3) is 0 Å². The quantitative estimate of drug-likeness (QED) is 0.724. The van der Waals surface area contributed by atoms with E-state index < -0.39 is 0 Å². The van der Waals surface area contributed by atoms with Gasteiger partial charge in [-0.1, -0.05) is 26.0 Å². The second-order valence-electron chi connectivity index (χ2n) is 5.37. The number of hydrogen-bond acceptors (Lipinski definition) is 3. The van der Waals surface area contributed by atoms with Crippen molar-refractivity contribution < 1.29 is 4.74 Å². The molecule has 3 nitrogen and oxygen atoms in total. The van der Waals surface area contributed by atoms with Gasteiger partial charge in [0.15, 0.2) is 0 Å². The third kappa shape index (κ3) is 5.38. The Kier molecular flexibility index (Phi) is 6.05. The highest BCUT2D eigenvalue weighted by molar-refractivity contribution is 9.10. The standard InChI is InChI=1S/C17H21BrN2O/c1-13(2)9-11-21-15-7-5-14(6-8-15)12-20-16-4-3-10-19-17(16)18/h3-8,10,13,20H,9,11-12H2,1-2H3. The zero-order valence-electron chi connectivity index (χ0n) is 12.5. The summed E-state index contributed by atoms with van der Waals surface area (Å²) in [7, 11) is 0. The van der Waals surface area contributed by atoms with Crippen molar-refractivity contribution >= 4 is 21.6 Å². The predicted octanol–water partition coefficient (Wildman–Crippen LogP) is 4.88. The lowest BCUT2D eigenvalue weighted by molar-refractivity contribution is 0.289. The minimum absolute atomic E-state index is 0.673. The Bertz CT molecular complexity index is 555. The first-order valence-corrected chi connectivity index (χ1v) is 8.00. The van der Waals surface area contributed by atoms with Gasteiger partial charge in [0, 0.05) is 12.7 Å². The summed E-state index contributed by atoms with van der Waals surface area (Å²) in [6, 6.07) is 12.1. The Labute approximate surface area is 134 Å². The SMILES string of the molecule is CC(C)CCOc1ccc(CNc2cccnc2Br)cc1. The van der Waals surface area contributed by atoms with Gasteiger partial charge in [0.05, 0.1) is 12.3 Å². The van der Waals surface area contributed by atoms with Crippen molar-refractivity contribution in [2.45, 2.75) is 26.8 Å². The molecule has 1 heterocycles. The van der Waals surface area contributed by atoms with Gasteiger partial charge < -0.3 is 10.1 Å². The highest BCUT2D eigenvalue weighted by atomic mass is 79.9. The van der Waals surface area contributed by atoms with E-state index in [2.05, 4.69) is 52.2 Å². The lowest BCUT2D eigenvalue weighted by atomic mass is 10.1. The molecule has 0 aliphatic carbocycles. The van der Waals surface area contributed by atoms with Crippen LogP contribution in [-0.4, -0.2) is 11.6 Å². The van der Waals surface area contributed by atoms with E-state index in [-0.39, 0.29) is 0 Å². The highest BCUT2D eigenvalue weighted by Crippen LogP contribution is 2.20. The monoisotopic (exact) mass is 348 g/mol. The largest absolute Gasteiger partial charge is 0.494 e. The van der Waals surface area contributed by atoms with Crippen molar-refractivity contribution in [2.75, 3.05) is 11.9 Å². The van der Waals surface area contributed by atoms with E-state index >= 15 is 0 Å². The predicted molar refractivity (Wildman–Crippen MR) is 90.7 cm³/mol. The van der Waals surface area contributed by atoms with E-state index in [0.717, 1.165) is 35.6 Å². The van der Waals surface area contributed by atoms with Crippen LogP contribution in [-0.2, 0) is 6.54 Å². The number of nitrogens with zero attached hydrogens (tertiary/aromatic N) is 1. The fourth-order valence-corrected chi connectivity index (χ4v) is 2.22. The van der Waals surface area contributed by atoms with Gasteiger partial charge in [0.25, 0.3) is 0 Å². The number of hydrogen-bond donors (Lipinski definition) is 1. The third-order valence-corrected chi connectivity index (χ3v) is 3.76. The maximum atomic E-state index is 5.72. The number of anilines is 1. The summed E-state index contributed by atoms with van der Waals surface area (Å²) in [4.78, 5) is 4.19. The Morgan fingerprint density at radius 3 is 2.62 bits per heavy atom. The summed E-state index contributed by atoms with van der Waals surface area (Å²) in [5.41, 5.74) is 2.21. The summed E-state index contributed by atoms with van der Waals surface area (Å²) in [6.07, 6.45) is 2.84. The first-order valence-electron chi connectivity index (χ1n) is 7.21. The second kappa shape index (κ2) is 8.03. The van der Waals surface area contributed by atoms with Gasteiger partial charge in [0.2, 0.25) is 0 Å². The first kappa shape index (κ1) is 15.8. The summed E-state index contributed by atoms with van der Waals surface area (Å²) < 4.78 is 6.55. The van der Waals surface area contributed by atoms with Crippen molar-refractivity contribution in [3.05, 3.63) is 52.8 Å². The fraction of sp³-hybridized carbons (Fsp3) is 0.353. The maximum Gasteiger partial charge on any atom is 0.129 e. The van der Waals surface area contributed by atoms with Gasteiger partial charge in [-0.3, -0.25) is 0 Å². The molecule has 112 valence electrons. The molecule has 0 spiro atoms. The first-order chi connectivity index (χ1) is 10.1. The molecule has 0 unspecified atom stereocenters. The number of benzene rings is 1. The molecular formula is C17H21BrN2O. The number of pyridine rings is 1. The molecule has 21 heavy (non-hydrogen) atoms. The molecule has 1 aromatic carbocycles. The molecule has 0 bridgehead atoms. The Morgan fingerprint density at radius 1 is 1.19 bits per heavy atom. The molecule has 1 N–H and O–H groups in total. The summed E-state index contributed by atoms with van der Waals surface area (Å²) >= 11 is 3.43.